The van der Waals surface area contributed by atoms with Crippen LogP contribution in [0.2, 0.25) is 0 Å². The van der Waals surface area contributed by atoms with E-state index in [1.807, 2.05) is 0 Å². The molecule has 7 heteroatoms. The standard InChI is InChI=1S/C15H24N2O5/c1-14(2,3)22-12(19)15(4)10-6-7-17(13(20)21-5)8-9(10)11(18)16-15/h9-10H,6-8H2,1-5H3,(H,16,18)/t9-,10+,15-/m1/s1. The summed E-state index contributed by atoms with van der Waals surface area (Å²) in [5, 5.41) is 2.78. The van der Waals surface area contributed by atoms with E-state index in [2.05, 4.69) is 5.32 Å². The maximum atomic E-state index is 12.5. The average molecular weight is 312 g/mol. The second-order valence-corrected chi connectivity index (χ2v) is 7.11. The van der Waals surface area contributed by atoms with Crippen molar-refractivity contribution in [3.8, 4) is 0 Å². The van der Waals surface area contributed by atoms with Gasteiger partial charge < -0.3 is 19.7 Å². The zero-order chi connectivity index (χ0) is 16.7. The van der Waals surface area contributed by atoms with Gasteiger partial charge in [0.25, 0.3) is 0 Å². The first-order valence-electron chi connectivity index (χ1n) is 7.47. The zero-order valence-electron chi connectivity index (χ0n) is 13.8. The maximum Gasteiger partial charge on any atom is 0.409 e. The monoisotopic (exact) mass is 312 g/mol. The van der Waals surface area contributed by atoms with Gasteiger partial charge in [-0.05, 0) is 34.1 Å². The topological polar surface area (TPSA) is 84.9 Å². The second kappa shape index (κ2) is 5.44. The molecule has 1 N–H and O–H groups in total. The van der Waals surface area contributed by atoms with Crippen LogP contribution in [0.1, 0.15) is 34.1 Å². The minimum atomic E-state index is -1.04. The number of hydrogen-bond acceptors (Lipinski definition) is 5. The third-order valence-corrected chi connectivity index (χ3v) is 4.33. The molecule has 22 heavy (non-hydrogen) atoms. The first kappa shape index (κ1) is 16.6. The zero-order valence-corrected chi connectivity index (χ0v) is 13.8. The number of nitrogens with one attached hydrogen (secondary N) is 1. The fourth-order valence-corrected chi connectivity index (χ4v) is 3.23. The highest BCUT2D eigenvalue weighted by atomic mass is 16.6. The van der Waals surface area contributed by atoms with Crippen LogP contribution in [-0.2, 0) is 19.1 Å². The van der Waals surface area contributed by atoms with E-state index in [1.165, 1.54) is 12.0 Å². The number of carbonyl (C=O) groups is 3. The van der Waals surface area contributed by atoms with Crippen LogP contribution in [0, 0.1) is 11.8 Å². The van der Waals surface area contributed by atoms with Crippen LogP contribution in [0.5, 0.6) is 0 Å². The summed E-state index contributed by atoms with van der Waals surface area (Å²) < 4.78 is 10.2. The highest BCUT2D eigenvalue weighted by molar-refractivity contribution is 5.94. The number of carbonyl (C=O) groups excluding carboxylic acids is 3. The van der Waals surface area contributed by atoms with Crippen molar-refractivity contribution < 1.29 is 23.9 Å². The highest BCUT2D eigenvalue weighted by Gasteiger charge is 2.57. The summed E-state index contributed by atoms with van der Waals surface area (Å²) in [4.78, 5) is 37.9. The molecule has 0 unspecified atom stereocenters. The van der Waals surface area contributed by atoms with Gasteiger partial charge in [-0.1, -0.05) is 0 Å². The Bertz CT molecular complexity index is 499. The Morgan fingerprint density at radius 2 is 2.00 bits per heavy atom. The Kier molecular flexibility index (Phi) is 4.10. The van der Waals surface area contributed by atoms with Gasteiger partial charge in [0.1, 0.15) is 11.1 Å². The Labute approximate surface area is 130 Å². The van der Waals surface area contributed by atoms with Crippen LogP contribution in [0.25, 0.3) is 0 Å². The maximum absolute atomic E-state index is 12.5. The molecule has 2 amide bonds. The van der Waals surface area contributed by atoms with Gasteiger partial charge in [-0.15, -0.1) is 0 Å². The molecule has 124 valence electrons. The van der Waals surface area contributed by atoms with E-state index in [4.69, 9.17) is 9.47 Å². The minimum absolute atomic E-state index is 0.184. The van der Waals surface area contributed by atoms with E-state index in [-0.39, 0.29) is 18.4 Å². The molecule has 0 radical (unpaired) electrons. The van der Waals surface area contributed by atoms with Crippen molar-refractivity contribution in [2.75, 3.05) is 20.2 Å². The van der Waals surface area contributed by atoms with Gasteiger partial charge in [-0.3, -0.25) is 4.79 Å². The van der Waals surface area contributed by atoms with Crippen molar-refractivity contribution >= 4 is 18.0 Å². The summed E-state index contributed by atoms with van der Waals surface area (Å²) in [7, 11) is 1.31. The molecular weight excluding hydrogens is 288 g/mol. The van der Waals surface area contributed by atoms with Gasteiger partial charge in [0.2, 0.25) is 5.91 Å². The number of esters is 1. The van der Waals surface area contributed by atoms with Crippen molar-refractivity contribution in [1.82, 2.24) is 10.2 Å². The molecule has 2 heterocycles. The quantitative estimate of drug-likeness (QED) is 0.728. The summed E-state index contributed by atoms with van der Waals surface area (Å²) in [5.41, 5.74) is -1.66. The van der Waals surface area contributed by atoms with Gasteiger partial charge in [-0.2, -0.15) is 0 Å². The lowest BCUT2D eigenvalue weighted by atomic mass is 9.76. The van der Waals surface area contributed by atoms with E-state index < -0.39 is 29.1 Å². The fourth-order valence-electron chi connectivity index (χ4n) is 3.23. The molecule has 0 bridgehead atoms. The molecule has 0 aromatic heterocycles. The minimum Gasteiger partial charge on any atom is -0.458 e. The van der Waals surface area contributed by atoms with Gasteiger partial charge in [0.15, 0.2) is 0 Å². The first-order valence-corrected chi connectivity index (χ1v) is 7.47. The number of fused-ring (bicyclic) bond motifs is 1. The van der Waals surface area contributed by atoms with Crippen LogP contribution < -0.4 is 5.32 Å². The Morgan fingerprint density at radius 3 is 2.55 bits per heavy atom. The lowest BCUT2D eigenvalue weighted by molar-refractivity contribution is -0.164. The number of ether oxygens (including phenoxy) is 2. The number of rotatable bonds is 1. The lowest BCUT2D eigenvalue weighted by Crippen LogP contribution is -2.55. The van der Waals surface area contributed by atoms with Crippen LogP contribution in [0.4, 0.5) is 4.79 Å². The summed E-state index contributed by atoms with van der Waals surface area (Å²) in [6.45, 7) is 7.81. The Hall–Kier alpha value is -1.79. The number of hydrogen-bond donors (Lipinski definition) is 1. The van der Waals surface area contributed by atoms with Crippen LogP contribution >= 0.6 is 0 Å². The third-order valence-electron chi connectivity index (χ3n) is 4.33. The van der Waals surface area contributed by atoms with Crippen molar-refractivity contribution in [2.24, 2.45) is 11.8 Å². The molecule has 2 rings (SSSR count). The number of nitrogens with zero attached hydrogens (tertiary/aromatic N) is 1. The molecule has 7 nitrogen and oxygen atoms in total. The third kappa shape index (κ3) is 2.89. The van der Waals surface area contributed by atoms with Crippen LogP contribution in [0.3, 0.4) is 0 Å². The van der Waals surface area contributed by atoms with Crippen LogP contribution in [-0.4, -0.2) is 54.2 Å². The number of methoxy groups -OCH3 is 1. The predicted molar refractivity (Wildman–Crippen MR) is 78.0 cm³/mol. The van der Waals surface area contributed by atoms with Crippen molar-refractivity contribution in [2.45, 2.75) is 45.3 Å². The van der Waals surface area contributed by atoms with E-state index in [9.17, 15) is 14.4 Å². The molecule has 2 saturated heterocycles. The number of piperidine rings is 1. The molecule has 2 aliphatic heterocycles. The fraction of sp³-hybridized carbons (Fsp3) is 0.800. The van der Waals surface area contributed by atoms with Gasteiger partial charge in [-0.25, -0.2) is 9.59 Å². The van der Waals surface area contributed by atoms with Crippen molar-refractivity contribution in [3.05, 3.63) is 0 Å². The summed E-state index contributed by atoms with van der Waals surface area (Å²) in [6, 6.07) is 0. The molecular formula is C15H24N2O5. The summed E-state index contributed by atoms with van der Waals surface area (Å²) in [5.74, 6) is -1.24. The lowest BCUT2D eigenvalue weighted by Gasteiger charge is -2.38. The summed E-state index contributed by atoms with van der Waals surface area (Å²) >= 11 is 0. The molecule has 0 aliphatic carbocycles. The van der Waals surface area contributed by atoms with Gasteiger partial charge in [0, 0.05) is 19.0 Å². The molecule has 3 atom stereocenters. The number of amides is 2. The smallest absolute Gasteiger partial charge is 0.409 e. The SMILES string of the molecule is COC(=O)N1CC[C@H]2[C@@H](C1)C(=O)N[C@@]2(C)C(=O)OC(C)(C)C. The molecule has 0 saturated carbocycles. The first-order chi connectivity index (χ1) is 10.1. The molecule has 0 aromatic carbocycles. The van der Waals surface area contributed by atoms with E-state index in [0.29, 0.717) is 13.0 Å². The molecule has 2 fully saturated rings. The average Bonchev–Trinajstić information content (AvgIpc) is 2.69. The predicted octanol–water partition coefficient (Wildman–Crippen LogP) is 0.921. The molecule has 2 aliphatic rings. The van der Waals surface area contributed by atoms with Crippen LogP contribution in [0.15, 0.2) is 0 Å². The second-order valence-electron chi connectivity index (χ2n) is 7.11. The summed E-state index contributed by atoms with van der Waals surface area (Å²) in [6.07, 6.45) is 0.103. The van der Waals surface area contributed by atoms with Gasteiger partial charge in [0.05, 0.1) is 13.0 Å². The van der Waals surface area contributed by atoms with Gasteiger partial charge >= 0.3 is 12.1 Å². The van der Waals surface area contributed by atoms with Crippen molar-refractivity contribution in [1.29, 1.82) is 0 Å². The van der Waals surface area contributed by atoms with E-state index in [1.54, 1.807) is 27.7 Å². The highest BCUT2D eigenvalue weighted by Crippen LogP contribution is 2.39. The van der Waals surface area contributed by atoms with E-state index in [0.717, 1.165) is 0 Å². The largest absolute Gasteiger partial charge is 0.458 e. The molecule has 0 spiro atoms. The Balaban J connectivity index is 2.17. The normalized spacial score (nSPS) is 31.3. The van der Waals surface area contributed by atoms with Crippen molar-refractivity contribution in [3.63, 3.8) is 0 Å². The number of likely N-dealkylation sites (tertiary alicyclic amines) is 1. The molecule has 0 aromatic rings. The van der Waals surface area contributed by atoms with E-state index >= 15 is 0 Å². The Morgan fingerprint density at radius 1 is 1.36 bits per heavy atom.